The largest absolute Gasteiger partial charge is 0.494 e. The predicted octanol–water partition coefficient (Wildman–Crippen LogP) is 5.00. The van der Waals surface area contributed by atoms with E-state index < -0.39 is 0 Å². The summed E-state index contributed by atoms with van der Waals surface area (Å²) in [5.74, 6) is 0.533. The zero-order valence-corrected chi connectivity index (χ0v) is 22.5. The summed E-state index contributed by atoms with van der Waals surface area (Å²) in [5, 5.41) is 12.7. The second kappa shape index (κ2) is 9.33. The van der Waals surface area contributed by atoms with Crippen LogP contribution in [-0.2, 0) is 17.9 Å². The Morgan fingerprint density at radius 2 is 1.97 bits per heavy atom. The number of nitriles is 1. The van der Waals surface area contributed by atoms with Crippen molar-refractivity contribution in [3.8, 4) is 22.9 Å². The van der Waals surface area contributed by atoms with E-state index in [9.17, 15) is 9.59 Å². The van der Waals surface area contributed by atoms with Crippen molar-refractivity contribution in [3.63, 3.8) is 0 Å². The molecule has 1 aliphatic heterocycles. The zero-order chi connectivity index (χ0) is 26.6. The van der Waals surface area contributed by atoms with E-state index in [-0.39, 0.29) is 34.2 Å². The van der Waals surface area contributed by atoms with Crippen LogP contribution in [0.2, 0.25) is 5.15 Å². The van der Waals surface area contributed by atoms with Gasteiger partial charge in [0.15, 0.2) is 5.13 Å². The van der Waals surface area contributed by atoms with Crippen molar-refractivity contribution in [1.29, 1.82) is 5.26 Å². The van der Waals surface area contributed by atoms with E-state index in [1.54, 1.807) is 6.07 Å². The molecule has 11 heteroatoms. The fourth-order valence-corrected chi connectivity index (χ4v) is 7.14. The van der Waals surface area contributed by atoms with E-state index in [1.807, 2.05) is 17.9 Å². The maximum absolute atomic E-state index is 13.3. The van der Waals surface area contributed by atoms with Crippen LogP contribution in [0.3, 0.4) is 0 Å². The number of amides is 2. The summed E-state index contributed by atoms with van der Waals surface area (Å²) >= 11 is 7.53. The first-order valence-corrected chi connectivity index (χ1v) is 13.6. The molecule has 2 aliphatic carbocycles. The Bertz CT molecular complexity index is 1480. The van der Waals surface area contributed by atoms with Gasteiger partial charge in [-0.05, 0) is 50.2 Å². The highest BCUT2D eigenvalue weighted by molar-refractivity contribution is 7.16. The van der Waals surface area contributed by atoms with Crippen LogP contribution < -0.4 is 10.1 Å². The molecule has 1 N–H and O–H groups in total. The van der Waals surface area contributed by atoms with Gasteiger partial charge in [0.2, 0.25) is 5.91 Å². The highest BCUT2D eigenvalue weighted by atomic mass is 35.5. The number of aromatic nitrogens is 3. The van der Waals surface area contributed by atoms with E-state index in [1.165, 1.54) is 30.8 Å². The van der Waals surface area contributed by atoms with E-state index in [0.717, 1.165) is 41.9 Å². The van der Waals surface area contributed by atoms with Gasteiger partial charge in [-0.2, -0.15) is 5.26 Å². The Balaban J connectivity index is 1.13. The third-order valence-electron chi connectivity index (χ3n) is 7.86. The lowest BCUT2D eigenvalue weighted by Crippen LogP contribution is -2.51. The Morgan fingerprint density at radius 3 is 2.68 bits per heavy atom. The Morgan fingerprint density at radius 1 is 1.18 bits per heavy atom. The first-order valence-electron chi connectivity index (χ1n) is 12.4. The fraction of sp³-hybridized carbons (Fsp3) is 0.407. The molecule has 38 heavy (non-hydrogen) atoms. The van der Waals surface area contributed by atoms with Gasteiger partial charge < -0.3 is 9.64 Å². The van der Waals surface area contributed by atoms with Crippen LogP contribution in [0.4, 0.5) is 5.13 Å². The lowest BCUT2D eigenvalue weighted by Gasteiger charge is -2.56. The summed E-state index contributed by atoms with van der Waals surface area (Å²) in [6.07, 6.45) is 6.70. The second-order valence-electron chi connectivity index (χ2n) is 10.5. The van der Waals surface area contributed by atoms with Crippen molar-refractivity contribution < 1.29 is 14.3 Å². The molecule has 0 saturated heterocycles. The molecule has 3 aliphatic rings. The number of hydrogen-bond donors (Lipinski definition) is 1. The van der Waals surface area contributed by atoms with E-state index in [0.29, 0.717) is 40.7 Å². The maximum Gasteiger partial charge on any atom is 0.259 e. The molecule has 6 rings (SSSR count). The zero-order valence-electron chi connectivity index (χ0n) is 21.0. The average Bonchev–Trinajstić information content (AvgIpc) is 3.41. The van der Waals surface area contributed by atoms with Gasteiger partial charge in [-0.1, -0.05) is 22.9 Å². The number of aryl methyl sites for hydroxylation is 1. The molecular formula is C27H25ClN6O3S. The minimum Gasteiger partial charge on any atom is -0.494 e. The van der Waals surface area contributed by atoms with Crippen molar-refractivity contribution in [3.05, 3.63) is 51.5 Å². The number of fused-ring (bicyclic) bond motifs is 1. The van der Waals surface area contributed by atoms with Gasteiger partial charge >= 0.3 is 0 Å². The lowest BCUT2D eigenvalue weighted by atomic mass is 9.48. The van der Waals surface area contributed by atoms with Crippen molar-refractivity contribution in [1.82, 2.24) is 19.9 Å². The summed E-state index contributed by atoms with van der Waals surface area (Å²) in [4.78, 5) is 42.2. The number of nitrogens with one attached hydrogen (secondary N) is 1. The van der Waals surface area contributed by atoms with Crippen molar-refractivity contribution in [2.45, 2.75) is 45.7 Å². The van der Waals surface area contributed by atoms with Crippen LogP contribution in [0.15, 0.2) is 24.5 Å². The summed E-state index contributed by atoms with van der Waals surface area (Å²) in [7, 11) is 1.54. The highest BCUT2D eigenvalue weighted by Crippen LogP contribution is 2.61. The summed E-state index contributed by atoms with van der Waals surface area (Å²) < 4.78 is 5.45. The Kier molecular flexibility index (Phi) is 6.08. The average molecular weight is 549 g/mol. The fourth-order valence-electron chi connectivity index (χ4n) is 6.00. The molecule has 0 unspecified atom stereocenters. The third kappa shape index (κ3) is 4.29. The number of ether oxygens (including phenoxy) is 1. The molecule has 2 amide bonds. The van der Waals surface area contributed by atoms with Crippen LogP contribution in [0.25, 0.3) is 11.1 Å². The smallest absolute Gasteiger partial charge is 0.259 e. The van der Waals surface area contributed by atoms with Crippen LogP contribution in [0.5, 0.6) is 5.75 Å². The van der Waals surface area contributed by atoms with Crippen molar-refractivity contribution >= 4 is 39.9 Å². The standard InChI is InChI=1S/C27H25ClN6O3S/c1-14-3-17(18-4-23(28)31-11-21(18)37-2)19(10-30-14)24(35)33-26-32-20-12-34(13-22(20)38-26)25(36)16-7-27(8-16)5-15(6-27)9-29/h3-4,10-11,15-16H,5-8,12-13H2,1-2H3,(H,32,33,35). The van der Waals surface area contributed by atoms with Crippen molar-refractivity contribution in [2.75, 3.05) is 12.4 Å². The summed E-state index contributed by atoms with van der Waals surface area (Å²) in [6, 6.07) is 5.80. The number of halogens is 1. The Labute approximate surface area is 228 Å². The molecule has 0 radical (unpaired) electrons. The van der Waals surface area contributed by atoms with Gasteiger partial charge in [0.05, 0.1) is 48.6 Å². The summed E-state index contributed by atoms with van der Waals surface area (Å²) in [5.41, 5.74) is 3.42. The predicted molar refractivity (Wildman–Crippen MR) is 142 cm³/mol. The van der Waals surface area contributed by atoms with E-state index in [4.69, 9.17) is 21.6 Å². The number of carbonyl (C=O) groups is 2. The number of thiazole rings is 1. The molecule has 4 heterocycles. The molecule has 1 spiro atoms. The quantitative estimate of drug-likeness (QED) is 0.445. The van der Waals surface area contributed by atoms with Crippen LogP contribution >= 0.6 is 22.9 Å². The number of anilines is 1. The molecule has 3 aromatic rings. The number of pyridine rings is 2. The SMILES string of the molecule is COc1cnc(Cl)cc1-c1cc(C)ncc1C(=O)Nc1nc2c(s1)CN(C(=O)C1CC3(CC(C#N)C3)C1)C2. The molecule has 194 valence electrons. The minimum absolute atomic E-state index is 0.0500. The van der Waals surface area contributed by atoms with E-state index >= 15 is 0 Å². The van der Waals surface area contributed by atoms with Gasteiger partial charge in [-0.15, -0.1) is 0 Å². The van der Waals surface area contributed by atoms with Gasteiger partial charge in [0.25, 0.3) is 5.91 Å². The normalized spacial score (nSPS) is 23.3. The van der Waals surface area contributed by atoms with Crippen molar-refractivity contribution in [2.24, 2.45) is 17.3 Å². The number of rotatable bonds is 5. The summed E-state index contributed by atoms with van der Waals surface area (Å²) in [6.45, 7) is 2.81. The molecule has 0 aromatic carbocycles. The first kappa shape index (κ1) is 24.8. The minimum atomic E-state index is -0.348. The topological polar surface area (TPSA) is 121 Å². The molecule has 3 aromatic heterocycles. The molecule has 0 atom stereocenters. The van der Waals surface area contributed by atoms with Gasteiger partial charge in [-0.3, -0.25) is 19.9 Å². The molecular weight excluding hydrogens is 524 g/mol. The monoisotopic (exact) mass is 548 g/mol. The number of methoxy groups -OCH3 is 1. The Hall–Kier alpha value is -3.55. The maximum atomic E-state index is 13.3. The van der Waals surface area contributed by atoms with Gasteiger partial charge in [0.1, 0.15) is 10.9 Å². The molecule has 2 fully saturated rings. The third-order valence-corrected chi connectivity index (χ3v) is 9.07. The van der Waals surface area contributed by atoms with E-state index in [2.05, 4.69) is 26.3 Å². The second-order valence-corrected chi connectivity index (χ2v) is 11.9. The molecule has 0 bridgehead atoms. The van der Waals surface area contributed by atoms with Crippen LogP contribution in [0.1, 0.15) is 52.3 Å². The molecule has 9 nitrogen and oxygen atoms in total. The lowest BCUT2D eigenvalue weighted by molar-refractivity contribution is -0.150. The van der Waals surface area contributed by atoms with Crippen LogP contribution in [0, 0.1) is 35.5 Å². The molecule has 2 saturated carbocycles. The van der Waals surface area contributed by atoms with Crippen LogP contribution in [-0.4, -0.2) is 38.8 Å². The highest BCUT2D eigenvalue weighted by Gasteiger charge is 2.55. The first-order chi connectivity index (χ1) is 18.3. The van der Waals surface area contributed by atoms with Gasteiger partial charge in [0, 0.05) is 34.9 Å². The number of nitrogens with zero attached hydrogens (tertiary/aromatic N) is 5. The van der Waals surface area contributed by atoms with Gasteiger partial charge in [-0.25, -0.2) is 9.97 Å². The number of hydrogen-bond acceptors (Lipinski definition) is 8. The number of carbonyl (C=O) groups excluding carboxylic acids is 2.